The number of hydrogen-bond donors (Lipinski definition) is 0. The molecule has 14 heavy (non-hydrogen) atoms. The SMILES string of the molecule is C1=C[n+]2cccc3cccc(c32)C1.[Cl-]. The minimum atomic E-state index is 0. The Balaban J connectivity index is 0.000000750. The fraction of sp³-hybridized carbons (Fsp3) is 0.0833. The second kappa shape index (κ2) is 3.43. The summed E-state index contributed by atoms with van der Waals surface area (Å²) < 4.78 is 2.19. The zero-order valence-corrected chi connectivity index (χ0v) is 8.41. The van der Waals surface area contributed by atoms with E-state index in [-0.39, 0.29) is 12.4 Å². The standard InChI is InChI=1S/C12H10N.ClH/c1-4-10-6-2-8-13-9-3-7-11(5-1)12(10)13;/h1-6,8-9H,7H2;1H/q+1;/p-1. The van der Waals surface area contributed by atoms with Gasteiger partial charge in [-0.15, -0.1) is 0 Å². The predicted octanol–water partition coefficient (Wildman–Crippen LogP) is -0.842. The van der Waals surface area contributed by atoms with E-state index >= 15 is 0 Å². The van der Waals surface area contributed by atoms with Crippen LogP contribution in [0.1, 0.15) is 5.56 Å². The van der Waals surface area contributed by atoms with E-state index in [1.807, 2.05) is 0 Å². The lowest BCUT2D eigenvalue weighted by Gasteiger charge is -2.05. The molecule has 0 aliphatic carbocycles. The van der Waals surface area contributed by atoms with Crippen molar-refractivity contribution in [2.24, 2.45) is 0 Å². The normalized spacial score (nSPS) is 12.6. The Hall–Kier alpha value is -1.34. The Labute approximate surface area is 89.1 Å². The first-order valence-electron chi connectivity index (χ1n) is 4.53. The van der Waals surface area contributed by atoms with Crippen LogP contribution >= 0.6 is 0 Å². The molecule has 2 aromatic rings. The van der Waals surface area contributed by atoms with Crippen LogP contribution in [0.3, 0.4) is 0 Å². The largest absolute Gasteiger partial charge is 1.00 e. The van der Waals surface area contributed by atoms with Gasteiger partial charge in [0, 0.05) is 23.4 Å². The molecule has 0 amide bonds. The highest BCUT2D eigenvalue weighted by atomic mass is 35.5. The van der Waals surface area contributed by atoms with E-state index in [2.05, 4.69) is 53.4 Å². The molecule has 1 aliphatic rings. The van der Waals surface area contributed by atoms with Crippen molar-refractivity contribution in [3.63, 3.8) is 0 Å². The number of pyridine rings is 1. The van der Waals surface area contributed by atoms with E-state index in [0.717, 1.165) is 6.42 Å². The first-order chi connectivity index (χ1) is 6.45. The number of allylic oxidation sites excluding steroid dienone is 1. The minimum Gasteiger partial charge on any atom is -1.00 e. The second-order valence-electron chi connectivity index (χ2n) is 3.36. The van der Waals surface area contributed by atoms with Gasteiger partial charge in [-0.25, -0.2) is 0 Å². The van der Waals surface area contributed by atoms with Gasteiger partial charge in [0.2, 0.25) is 5.52 Å². The molecule has 3 rings (SSSR count). The summed E-state index contributed by atoms with van der Waals surface area (Å²) >= 11 is 0. The number of aromatic nitrogens is 1. The molecule has 0 fully saturated rings. The van der Waals surface area contributed by atoms with Crippen molar-refractivity contribution in [2.75, 3.05) is 0 Å². The first-order valence-corrected chi connectivity index (χ1v) is 4.53. The van der Waals surface area contributed by atoms with Crippen LogP contribution < -0.4 is 17.0 Å². The summed E-state index contributed by atoms with van der Waals surface area (Å²) in [6, 6.07) is 10.7. The van der Waals surface area contributed by atoms with Crippen LogP contribution in [0.15, 0.2) is 42.6 Å². The summed E-state index contributed by atoms with van der Waals surface area (Å²) in [6.45, 7) is 0. The topological polar surface area (TPSA) is 3.88 Å². The highest BCUT2D eigenvalue weighted by Gasteiger charge is 2.13. The summed E-state index contributed by atoms with van der Waals surface area (Å²) in [5.41, 5.74) is 2.77. The molecule has 1 nitrogen and oxygen atoms in total. The maximum absolute atomic E-state index is 2.20. The van der Waals surface area contributed by atoms with Gasteiger partial charge in [-0.1, -0.05) is 12.1 Å². The summed E-state index contributed by atoms with van der Waals surface area (Å²) in [4.78, 5) is 0. The number of halogens is 1. The van der Waals surface area contributed by atoms with Crippen LogP contribution in [0, 0.1) is 0 Å². The van der Waals surface area contributed by atoms with Crippen LogP contribution in [0.4, 0.5) is 0 Å². The Morgan fingerprint density at radius 2 is 1.93 bits per heavy atom. The van der Waals surface area contributed by atoms with Crippen LogP contribution in [0.25, 0.3) is 17.1 Å². The van der Waals surface area contributed by atoms with Gasteiger partial charge in [0.15, 0.2) is 12.4 Å². The third-order valence-electron chi connectivity index (χ3n) is 2.54. The molecule has 0 spiro atoms. The van der Waals surface area contributed by atoms with Gasteiger partial charge in [0.05, 0.1) is 0 Å². The molecule has 0 atom stereocenters. The molecule has 1 aromatic heterocycles. The molecule has 0 saturated carbocycles. The number of nitrogens with zero attached hydrogens (tertiary/aromatic N) is 1. The highest BCUT2D eigenvalue weighted by molar-refractivity contribution is 5.80. The van der Waals surface area contributed by atoms with Crippen LogP contribution in [0.5, 0.6) is 0 Å². The minimum absolute atomic E-state index is 0. The Kier molecular flexibility index (Phi) is 2.26. The van der Waals surface area contributed by atoms with Gasteiger partial charge in [-0.05, 0) is 18.2 Å². The third kappa shape index (κ3) is 1.21. The van der Waals surface area contributed by atoms with Crippen molar-refractivity contribution in [3.8, 4) is 0 Å². The molecule has 0 radical (unpaired) electrons. The maximum Gasteiger partial charge on any atom is 0.221 e. The van der Waals surface area contributed by atoms with Gasteiger partial charge in [-0.2, -0.15) is 4.57 Å². The first kappa shape index (κ1) is 9.22. The lowest BCUT2D eigenvalue weighted by molar-refractivity contribution is -0.540. The van der Waals surface area contributed by atoms with Gasteiger partial charge in [0.25, 0.3) is 0 Å². The fourth-order valence-corrected chi connectivity index (χ4v) is 1.96. The fourth-order valence-electron chi connectivity index (χ4n) is 1.96. The smallest absolute Gasteiger partial charge is 0.221 e. The zero-order valence-electron chi connectivity index (χ0n) is 7.65. The molecular formula is C12H10ClN. The lowest BCUT2D eigenvalue weighted by Crippen LogP contribution is -3.00. The molecule has 2 heterocycles. The molecule has 0 bridgehead atoms. The third-order valence-corrected chi connectivity index (χ3v) is 2.54. The summed E-state index contributed by atoms with van der Waals surface area (Å²) in [5.74, 6) is 0. The van der Waals surface area contributed by atoms with E-state index in [0.29, 0.717) is 0 Å². The highest BCUT2D eigenvalue weighted by Crippen LogP contribution is 2.17. The van der Waals surface area contributed by atoms with E-state index in [1.165, 1.54) is 16.5 Å². The van der Waals surface area contributed by atoms with Gasteiger partial charge >= 0.3 is 0 Å². The zero-order chi connectivity index (χ0) is 8.67. The Bertz CT molecular complexity index is 497. The van der Waals surface area contributed by atoms with Crippen LogP contribution in [-0.2, 0) is 6.42 Å². The summed E-state index contributed by atoms with van der Waals surface area (Å²) in [6.07, 6.45) is 7.49. The van der Waals surface area contributed by atoms with Crippen molar-refractivity contribution >= 4 is 17.1 Å². The monoisotopic (exact) mass is 203 g/mol. The molecule has 0 unspecified atom stereocenters. The number of benzene rings is 1. The van der Waals surface area contributed by atoms with Crippen LogP contribution in [-0.4, -0.2) is 0 Å². The number of rotatable bonds is 0. The number of hydrogen-bond acceptors (Lipinski definition) is 0. The van der Waals surface area contributed by atoms with E-state index in [4.69, 9.17) is 0 Å². The van der Waals surface area contributed by atoms with Gasteiger partial charge in [-0.3, -0.25) is 0 Å². The Morgan fingerprint density at radius 1 is 1.07 bits per heavy atom. The van der Waals surface area contributed by atoms with E-state index < -0.39 is 0 Å². The van der Waals surface area contributed by atoms with Gasteiger partial charge in [0.1, 0.15) is 0 Å². The predicted molar refractivity (Wildman–Crippen MR) is 53.2 cm³/mol. The molecule has 0 saturated heterocycles. The van der Waals surface area contributed by atoms with E-state index in [1.54, 1.807) is 0 Å². The van der Waals surface area contributed by atoms with Crippen molar-refractivity contribution in [3.05, 3.63) is 48.2 Å². The quantitative estimate of drug-likeness (QED) is 0.492. The van der Waals surface area contributed by atoms with Crippen molar-refractivity contribution in [2.45, 2.75) is 6.42 Å². The second-order valence-corrected chi connectivity index (χ2v) is 3.36. The van der Waals surface area contributed by atoms with Crippen molar-refractivity contribution in [1.29, 1.82) is 0 Å². The Morgan fingerprint density at radius 3 is 2.86 bits per heavy atom. The summed E-state index contributed by atoms with van der Waals surface area (Å²) in [7, 11) is 0. The molecule has 1 aromatic carbocycles. The summed E-state index contributed by atoms with van der Waals surface area (Å²) in [5, 5.41) is 1.32. The van der Waals surface area contributed by atoms with E-state index in [9.17, 15) is 0 Å². The molecule has 2 heteroatoms. The maximum atomic E-state index is 2.20. The van der Waals surface area contributed by atoms with Crippen molar-refractivity contribution < 1.29 is 17.0 Å². The lowest BCUT2D eigenvalue weighted by atomic mass is 10.0. The van der Waals surface area contributed by atoms with Crippen LogP contribution in [0.2, 0.25) is 0 Å². The molecule has 0 N–H and O–H groups in total. The molecule has 1 aliphatic heterocycles. The average molecular weight is 204 g/mol. The van der Waals surface area contributed by atoms with Gasteiger partial charge < -0.3 is 12.4 Å². The van der Waals surface area contributed by atoms with Crippen molar-refractivity contribution in [1.82, 2.24) is 0 Å². The molecule has 70 valence electrons. The average Bonchev–Trinajstić information content (AvgIpc) is 2.19. The number of para-hydroxylation sites is 1. The molecular weight excluding hydrogens is 194 g/mol.